The van der Waals surface area contributed by atoms with E-state index in [1.54, 1.807) is 13.2 Å². The van der Waals surface area contributed by atoms with Crippen LogP contribution >= 0.6 is 0 Å². The van der Waals surface area contributed by atoms with Gasteiger partial charge in [0.2, 0.25) is 5.91 Å². The highest BCUT2D eigenvalue weighted by molar-refractivity contribution is 5.92. The monoisotopic (exact) mass is 509 g/mol. The molecule has 1 aromatic heterocycles. The third-order valence-electron chi connectivity index (χ3n) is 6.30. The molecule has 4 rings (SSSR count). The Morgan fingerprint density at radius 1 is 1.05 bits per heavy atom. The summed E-state index contributed by atoms with van der Waals surface area (Å²) < 4.78 is 13.7. The minimum absolute atomic E-state index is 0.151. The zero-order valence-electron chi connectivity index (χ0n) is 22.1. The molecule has 1 unspecified atom stereocenters. The van der Waals surface area contributed by atoms with Crippen molar-refractivity contribution in [1.82, 2.24) is 14.9 Å². The molecule has 196 valence electrons. The van der Waals surface area contributed by atoms with Crippen LogP contribution in [0.5, 0.6) is 11.5 Å². The van der Waals surface area contributed by atoms with E-state index in [0.717, 1.165) is 65.3 Å². The van der Waals surface area contributed by atoms with Gasteiger partial charge in [-0.05, 0) is 67.7 Å². The van der Waals surface area contributed by atoms with Gasteiger partial charge in [0.05, 0.1) is 30.8 Å². The summed E-state index contributed by atoms with van der Waals surface area (Å²) in [5.74, 6) is 2.17. The van der Waals surface area contributed by atoms with E-state index in [0.29, 0.717) is 6.61 Å². The van der Waals surface area contributed by atoms with Gasteiger partial charge >= 0.3 is 0 Å². The molecule has 3 aromatic carbocycles. The van der Waals surface area contributed by atoms with E-state index >= 15 is 0 Å². The fourth-order valence-electron chi connectivity index (χ4n) is 4.40. The number of carbonyl (C=O) groups excluding carboxylic acids is 1. The van der Waals surface area contributed by atoms with Crippen LogP contribution in [0.2, 0.25) is 0 Å². The number of hydrogen-bond acceptors (Lipinski definition) is 4. The normalized spacial score (nSPS) is 11.9. The number of aromatic nitrogens is 2. The molecule has 0 saturated heterocycles. The first-order chi connectivity index (χ1) is 18.6. The number of para-hydroxylation sites is 2. The summed E-state index contributed by atoms with van der Waals surface area (Å²) in [6.45, 7) is 7.11. The molecule has 1 atom stereocenters. The Hall–Kier alpha value is -4.32. The zero-order valence-corrected chi connectivity index (χ0v) is 22.1. The van der Waals surface area contributed by atoms with Crippen LogP contribution in [0.4, 0.5) is 0 Å². The molecule has 0 radical (unpaired) electrons. The minimum Gasteiger partial charge on any atom is -0.493 e. The average Bonchev–Trinajstić information content (AvgIpc) is 3.32. The predicted octanol–water partition coefficient (Wildman–Crippen LogP) is 6.52. The molecular weight excluding hydrogens is 474 g/mol. The second-order valence-electron chi connectivity index (χ2n) is 9.12. The summed E-state index contributed by atoms with van der Waals surface area (Å²) in [4.78, 5) is 17.4. The van der Waals surface area contributed by atoms with Crippen molar-refractivity contribution in [2.75, 3.05) is 13.7 Å². The number of hydrogen-bond donors (Lipinski definition) is 1. The standard InChI is InChI=1S/C32H35N3O3/c1-4-12-26-17-19-29(30(23-26)37-3)38-22-11-10-21-35-28-16-9-8-15-27(28)34-32(35)24(2)33-31(36)20-18-25-13-6-5-7-14-25/h4-9,13-20,23-24H,1,10-12,21-22H2,2-3H3,(H,33,36)/b20-18-. The van der Waals surface area contributed by atoms with Gasteiger partial charge in [0, 0.05) is 12.6 Å². The van der Waals surface area contributed by atoms with Crippen LogP contribution in [0.3, 0.4) is 0 Å². The first-order valence-electron chi connectivity index (χ1n) is 13.0. The first kappa shape index (κ1) is 26.7. The summed E-state index contributed by atoms with van der Waals surface area (Å²) in [7, 11) is 1.66. The van der Waals surface area contributed by atoms with Crippen LogP contribution < -0.4 is 14.8 Å². The van der Waals surface area contributed by atoms with E-state index in [9.17, 15) is 4.79 Å². The van der Waals surface area contributed by atoms with Gasteiger partial charge in [-0.2, -0.15) is 0 Å². The van der Waals surface area contributed by atoms with Crippen molar-refractivity contribution in [2.24, 2.45) is 0 Å². The van der Waals surface area contributed by atoms with Crippen LogP contribution in [0.25, 0.3) is 17.1 Å². The van der Waals surface area contributed by atoms with E-state index in [4.69, 9.17) is 14.5 Å². The van der Waals surface area contributed by atoms with Crippen molar-refractivity contribution < 1.29 is 14.3 Å². The van der Waals surface area contributed by atoms with E-state index in [-0.39, 0.29) is 11.9 Å². The van der Waals surface area contributed by atoms with Gasteiger partial charge in [0.1, 0.15) is 5.82 Å². The molecule has 6 nitrogen and oxygen atoms in total. The number of carbonyl (C=O) groups is 1. The third-order valence-corrected chi connectivity index (χ3v) is 6.30. The highest BCUT2D eigenvalue weighted by atomic mass is 16.5. The molecule has 1 N–H and O–H groups in total. The summed E-state index contributed by atoms with van der Waals surface area (Å²) in [5.41, 5.74) is 4.10. The molecule has 1 amide bonds. The van der Waals surface area contributed by atoms with Crippen molar-refractivity contribution >= 4 is 23.0 Å². The zero-order chi connectivity index (χ0) is 26.7. The fourth-order valence-corrected chi connectivity index (χ4v) is 4.40. The van der Waals surface area contributed by atoms with Gasteiger partial charge in [-0.1, -0.05) is 54.6 Å². The largest absolute Gasteiger partial charge is 0.493 e. The first-order valence-corrected chi connectivity index (χ1v) is 13.0. The van der Waals surface area contributed by atoms with Gasteiger partial charge in [-0.25, -0.2) is 4.98 Å². The van der Waals surface area contributed by atoms with Crippen LogP contribution in [-0.2, 0) is 17.8 Å². The summed E-state index contributed by atoms with van der Waals surface area (Å²) >= 11 is 0. The molecule has 0 saturated carbocycles. The number of rotatable bonds is 13. The number of benzene rings is 3. The van der Waals surface area contributed by atoms with Crippen LogP contribution in [-0.4, -0.2) is 29.2 Å². The Morgan fingerprint density at radius 3 is 2.63 bits per heavy atom. The molecule has 4 aromatic rings. The summed E-state index contributed by atoms with van der Waals surface area (Å²) in [6.07, 6.45) is 7.81. The van der Waals surface area contributed by atoms with Gasteiger partial charge in [0.25, 0.3) is 0 Å². The fraction of sp³-hybridized carbons (Fsp3) is 0.250. The Balaban J connectivity index is 1.37. The Morgan fingerprint density at radius 2 is 1.84 bits per heavy atom. The summed E-state index contributed by atoms with van der Waals surface area (Å²) in [5, 5.41) is 3.06. The number of allylic oxidation sites excluding steroid dienone is 1. The number of amides is 1. The Bertz CT molecular complexity index is 1390. The van der Waals surface area contributed by atoms with E-state index in [2.05, 4.69) is 22.5 Å². The maximum Gasteiger partial charge on any atom is 0.244 e. The van der Waals surface area contributed by atoms with Gasteiger partial charge in [-0.3, -0.25) is 4.79 Å². The third kappa shape index (κ3) is 6.91. The van der Waals surface area contributed by atoms with Crippen LogP contribution in [0.1, 0.15) is 42.8 Å². The predicted molar refractivity (Wildman–Crippen MR) is 153 cm³/mol. The SMILES string of the molecule is C=CCc1ccc(OCCCCn2c(C(C)NC(=O)/C=C\c3ccccc3)nc3ccccc32)c(OC)c1. The van der Waals surface area contributed by atoms with Crippen molar-refractivity contribution in [3.63, 3.8) is 0 Å². The highest BCUT2D eigenvalue weighted by Gasteiger charge is 2.17. The van der Waals surface area contributed by atoms with E-state index in [1.165, 1.54) is 0 Å². The van der Waals surface area contributed by atoms with Crippen LogP contribution in [0, 0.1) is 0 Å². The Labute approximate surface area is 224 Å². The smallest absolute Gasteiger partial charge is 0.244 e. The maximum absolute atomic E-state index is 12.6. The minimum atomic E-state index is -0.245. The second kappa shape index (κ2) is 13.3. The lowest BCUT2D eigenvalue weighted by Gasteiger charge is -2.16. The van der Waals surface area contributed by atoms with Crippen molar-refractivity contribution in [3.8, 4) is 11.5 Å². The van der Waals surface area contributed by atoms with Gasteiger partial charge in [-0.15, -0.1) is 6.58 Å². The number of aryl methyl sites for hydroxylation is 1. The molecule has 38 heavy (non-hydrogen) atoms. The molecule has 0 aliphatic rings. The molecule has 0 fully saturated rings. The number of fused-ring (bicyclic) bond motifs is 1. The molecule has 1 heterocycles. The molecule has 6 heteroatoms. The maximum atomic E-state index is 12.6. The van der Waals surface area contributed by atoms with E-state index in [1.807, 2.05) is 85.8 Å². The molecule has 0 bridgehead atoms. The second-order valence-corrected chi connectivity index (χ2v) is 9.12. The summed E-state index contributed by atoms with van der Waals surface area (Å²) in [6, 6.07) is 23.6. The number of methoxy groups -OCH3 is 1. The van der Waals surface area contributed by atoms with E-state index < -0.39 is 0 Å². The van der Waals surface area contributed by atoms with Crippen molar-refractivity contribution in [2.45, 2.75) is 38.8 Å². The van der Waals surface area contributed by atoms with Crippen molar-refractivity contribution in [1.29, 1.82) is 0 Å². The topological polar surface area (TPSA) is 65.4 Å². The number of ether oxygens (including phenoxy) is 2. The van der Waals surface area contributed by atoms with Gasteiger partial charge < -0.3 is 19.4 Å². The number of unbranched alkanes of at least 4 members (excludes halogenated alkanes) is 1. The molecule has 0 spiro atoms. The molecule has 0 aliphatic heterocycles. The molecule has 0 aliphatic carbocycles. The van der Waals surface area contributed by atoms with Gasteiger partial charge in [0.15, 0.2) is 11.5 Å². The van der Waals surface area contributed by atoms with Crippen molar-refractivity contribution in [3.05, 3.63) is 108 Å². The average molecular weight is 510 g/mol. The lowest BCUT2D eigenvalue weighted by Crippen LogP contribution is -2.27. The number of nitrogens with one attached hydrogen (secondary N) is 1. The highest BCUT2D eigenvalue weighted by Crippen LogP contribution is 2.29. The lowest BCUT2D eigenvalue weighted by molar-refractivity contribution is -0.117. The Kier molecular flexibility index (Phi) is 9.35. The quantitative estimate of drug-likeness (QED) is 0.127. The lowest BCUT2D eigenvalue weighted by atomic mass is 10.1. The number of imidazole rings is 1. The molecular formula is C32H35N3O3. The van der Waals surface area contributed by atoms with Crippen LogP contribution in [0.15, 0.2) is 91.5 Å². The number of nitrogens with zero attached hydrogens (tertiary/aromatic N) is 2.